The third kappa shape index (κ3) is 3.71. The summed E-state index contributed by atoms with van der Waals surface area (Å²) in [5, 5.41) is 3.77. The zero-order chi connectivity index (χ0) is 14.0. The molecule has 112 valence electrons. The van der Waals surface area contributed by atoms with Crippen LogP contribution < -0.4 is 5.32 Å². The molecule has 0 aromatic carbocycles. The molecule has 2 fully saturated rings. The number of rotatable bonds is 5. The highest BCUT2D eigenvalue weighted by molar-refractivity contribution is 4.97. The summed E-state index contributed by atoms with van der Waals surface area (Å²) in [6, 6.07) is 2.14. The van der Waals surface area contributed by atoms with Crippen molar-refractivity contribution in [2.75, 3.05) is 20.2 Å². The first-order chi connectivity index (χ1) is 9.01. The number of hydrogen-bond acceptors (Lipinski definition) is 3. The van der Waals surface area contributed by atoms with Crippen molar-refractivity contribution in [3.05, 3.63) is 0 Å². The Morgan fingerprint density at radius 1 is 1.21 bits per heavy atom. The van der Waals surface area contributed by atoms with Gasteiger partial charge in [-0.05, 0) is 31.1 Å². The molecule has 0 aromatic rings. The molecule has 0 bridgehead atoms. The quantitative estimate of drug-likeness (QED) is 0.829. The van der Waals surface area contributed by atoms with Crippen LogP contribution >= 0.6 is 0 Å². The summed E-state index contributed by atoms with van der Waals surface area (Å²) in [6.07, 6.45) is 4.26. The third-order valence-electron chi connectivity index (χ3n) is 4.87. The van der Waals surface area contributed by atoms with Gasteiger partial charge in [0.05, 0.1) is 6.10 Å². The maximum absolute atomic E-state index is 5.45. The van der Waals surface area contributed by atoms with Crippen molar-refractivity contribution < 1.29 is 4.74 Å². The lowest BCUT2D eigenvalue weighted by Crippen LogP contribution is -2.64. The van der Waals surface area contributed by atoms with E-state index in [1.165, 1.54) is 25.8 Å². The van der Waals surface area contributed by atoms with Crippen LogP contribution in [0.3, 0.4) is 0 Å². The Bertz CT molecular complexity index is 274. The van der Waals surface area contributed by atoms with Gasteiger partial charge in [0.25, 0.3) is 0 Å². The molecule has 2 unspecified atom stereocenters. The maximum atomic E-state index is 5.45. The number of piperazine rings is 1. The average molecular weight is 268 g/mol. The summed E-state index contributed by atoms with van der Waals surface area (Å²) in [5.74, 6) is 1.51. The van der Waals surface area contributed by atoms with Crippen molar-refractivity contribution in [2.45, 2.75) is 71.2 Å². The predicted octanol–water partition coefficient (Wildman–Crippen LogP) is 2.51. The zero-order valence-electron chi connectivity index (χ0n) is 13.4. The van der Waals surface area contributed by atoms with Crippen LogP contribution in [0.1, 0.15) is 47.0 Å². The fourth-order valence-electron chi connectivity index (χ4n) is 3.63. The summed E-state index contributed by atoms with van der Waals surface area (Å²) >= 11 is 0. The third-order valence-corrected chi connectivity index (χ3v) is 4.87. The number of nitrogens with one attached hydrogen (secondary N) is 1. The highest BCUT2D eigenvalue weighted by atomic mass is 16.5. The first-order valence-corrected chi connectivity index (χ1v) is 8.03. The van der Waals surface area contributed by atoms with Crippen molar-refractivity contribution >= 4 is 0 Å². The highest BCUT2D eigenvalue weighted by Crippen LogP contribution is 2.32. The van der Waals surface area contributed by atoms with Gasteiger partial charge in [-0.25, -0.2) is 0 Å². The fourth-order valence-corrected chi connectivity index (χ4v) is 3.63. The summed E-state index contributed by atoms with van der Waals surface area (Å²) in [7, 11) is 1.85. The van der Waals surface area contributed by atoms with Gasteiger partial charge in [0, 0.05) is 38.3 Å². The summed E-state index contributed by atoms with van der Waals surface area (Å²) in [6.45, 7) is 11.7. The van der Waals surface area contributed by atoms with Crippen LogP contribution in [0.15, 0.2) is 0 Å². The highest BCUT2D eigenvalue weighted by Gasteiger charge is 2.40. The minimum Gasteiger partial charge on any atom is -0.381 e. The van der Waals surface area contributed by atoms with Crippen LogP contribution in [0.5, 0.6) is 0 Å². The van der Waals surface area contributed by atoms with Crippen LogP contribution in [-0.4, -0.2) is 49.3 Å². The normalized spacial score (nSPS) is 36.8. The van der Waals surface area contributed by atoms with Crippen molar-refractivity contribution in [1.29, 1.82) is 0 Å². The molecule has 1 saturated carbocycles. The molecule has 1 saturated heterocycles. The van der Waals surface area contributed by atoms with Crippen LogP contribution in [-0.2, 0) is 4.74 Å². The summed E-state index contributed by atoms with van der Waals surface area (Å²) < 4.78 is 5.45. The number of nitrogens with zero attached hydrogens (tertiary/aromatic N) is 1. The molecular formula is C16H32N2O. The lowest BCUT2D eigenvalue weighted by Gasteiger charge is -2.51. The van der Waals surface area contributed by atoms with Crippen molar-refractivity contribution in [3.8, 4) is 0 Å². The SMILES string of the molecule is COC1CC(N2CC(CC(C)C)NCC2C(C)C)C1. The second kappa shape index (κ2) is 6.55. The van der Waals surface area contributed by atoms with E-state index in [2.05, 4.69) is 37.9 Å². The van der Waals surface area contributed by atoms with E-state index in [4.69, 9.17) is 4.74 Å². The van der Waals surface area contributed by atoms with Crippen LogP contribution in [0, 0.1) is 11.8 Å². The average Bonchev–Trinajstić information content (AvgIpc) is 2.26. The Kier molecular flexibility index (Phi) is 5.27. The largest absolute Gasteiger partial charge is 0.381 e. The molecule has 3 nitrogen and oxygen atoms in total. The van der Waals surface area contributed by atoms with E-state index in [1.807, 2.05) is 7.11 Å². The first kappa shape index (κ1) is 15.3. The lowest BCUT2D eigenvalue weighted by atomic mass is 9.83. The van der Waals surface area contributed by atoms with Crippen molar-refractivity contribution in [3.63, 3.8) is 0 Å². The standard InChI is InChI=1S/C16H32N2O/c1-11(2)6-13-10-18(14-7-15(8-14)19-5)16(9-17-13)12(3)4/h11-17H,6-10H2,1-5H3. The molecule has 2 rings (SSSR count). The molecule has 1 heterocycles. The van der Waals surface area contributed by atoms with Gasteiger partial charge in [-0.2, -0.15) is 0 Å². The Morgan fingerprint density at radius 3 is 2.42 bits per heavy atom. The molecule has 0 amide bonds. The predicted molar refractivity (Wildman–Crippen MR) is 80.4 cm³/mol. The molecular weight excluding hydrogens is 236 g/mol. The monoisotopic (exact) mass is 268 g/mol. The van der Waals surface area contributed by atoms with Crippen LogP contribution in [0.4, 0.5) is 0 Å². The molecule has 0 aromatic heterocycles. The minimum atomic E-state index is 0.510. The lowest BCUT2D eigenvalue weighted by molar-refractivity contribution is -0.0605. The molecule has 2 aliphatic rings. The smallest absolute Gasteiger partial charge is 0.0601 e. The van der Waals surface area contributed by atoms with E-state index in [0.717, 1.165) is 24.4 Å². The van der Waals surface area contributed by atoms with Gasteiger partial charge in [0.15, 0.2) is 0 Å². The molecule has 0 radical (unpaired) electrons. The van der Waals surface area contributed by atoms with E-state index in [1.54, 1.807) is 0 Å². The van der Waals surface area contributed by atoms with Gasteiger partial charge < -0.3 is 10.1 Å². The Balaban J connectivity index is 1.93. The van der Waals surface area contributed by atoms with Crippen LogP contribution in [0.2, 0.25) is 0 Å². The second-order valence-corrected chi connectivity index (χ2v) is 7.23. The van der Waals surface area contributed by atoms with E-state index in [0.29, 0.717) is 18.2 Å². The Labute approximate surface area is 119 Å². The summed E-state index contributed by atoms with van der Waals surface area (Å²) in [4.78, 5) is 2.78. The van der Waals surface area contributed by atoms with E-state index in [-0.39, 0.29) is 0 Å². The van der Waals surface area contributed by atoms with Gasteiger partial charge >= 0.3 is 0 Å². The van der Waals surface area contributed by atoms with Gasteiger partial charge in [-0.3, -0.25) is 4.90 Å². The van der Waals surface area contributed by atoms with E-state index < -0.39 is 0 Å². The summed E-state index contributed by atoms with van der Waals surface area (Å²) in [5.41, 5.74) is 0. The first-order valence-electron chi connectivity index (χ1n) is 8.03. The van der Waals surface area contributed by atoms with Gasteiger partial charge in [0.2, 0.25) is 0 Å². The second-order valence-electron chi connectivity index (χ2n) is 7.23. The van der Waals surface area contributed by atoms with Crippen LogP contribution in [0.25, 0.3) is 0 Å². The molecule has 1 N–H and O–H groups in total. The van der Waals surface area contributed by atoms with E-state index in [9.17, 15) is 0 Å². The van der Waals surface area contributed by atoms with E-state index >= 15 is 0 Å². The Hall–Kier alpha value is -0.120. The molecule has 1 aliphatic carbocycles. The number of methoxy groups -OCH3 is 1. The van der Waals surface area contributed by atoms with Gasteiger partial charge in [-0.1, -0.05) is 27.7 Å². The Morgan fingerprint density at radius 2 is 1.89 bits per heavy atom. The van der Waals surface area contributed by atoms with Gasteiger partial charge in [0.1, 0.15) is 0 Å². The molecule has 2 atom stereocenters. The fraction of sp³-hybridized carbons (Fsp3) is 1.00. The zero-order valence-corrected chi connectivity index (χ0v) is 13.4. The number of ether oxygens (including phenoxy) is 1. The molecule has 0 spiro atoms. The maximum Gasteiger partial charge on any atom is 0.0601 e. The minimum absolute atomic E-state index is 0.510. The topological polar surface area (TPSA) is 24.5 Å². The molecule has 19 heavy (non-hydrogen) atoms. The molecule has 1 aliphatic heterocycles. The molecule has 3 heteroatoms. The number of hydrogen-bond donors (Lipinski definition) is 1. The van der Waals surface area contributed by atoms with Crippen molar-refractivity contribution in [2.24, 2.45) is 11.8 Å². The van der Waals surface area contributed by atoms with Gasteiger partial charge in [-0.15, -0.1) is 0 Å². The van der Waals surface area contributed by atoms with Crippen molar-refractivity contribution in [1.82, 2.24) is 10.2 Å².